The van der Waals surface area contributed by atoms with Crippen LogP contribution in [0, 0.1) is 0 Å². The van der Waals surface area contributed by atoms with Gasteiger partial charge in [0.1, 0.15) is 17.2 Å². The van der Waals surface area contributed by atoms with E-state index in [1.165, 1.54) is 10.8 Å². The lowest BCUT2D eigenvalue weighted by molar-refractivity contribution is 0.00578. The van der Waals surface area contributed by atoms with Crippen molar-refractivity contribution >= 4 is 41.4 Å². The molecule has 1 saturated heterocycles. The number of rotatable bonds is 5. The Labute approximate surface area is 223 Å². The highest BCUT2D eigenvalue weighted by atomic mass is 16.7. The molecule has 0 saturated carbocycles. The molecule has 3 heterocycles. The van der Waals surface area contributed by atoms with Crippen molar-refractivity contribution in [2.24, 2.45) is 0 Å². The van der Waals surface area contributed by atoms with Crippen molar-refractivity contribution in [2.75, 3.05) is 12.4 Å². The highest BCUT2D eigenvalue weighted by Gasteiger charge is 2.52. The molecule has 2 amide bonds. The number of urea groups is 1. The molecule has 0 radical (unpaired) electrons. The van der Waals surface area contributed by atoms with Crippen LogP contribution in [0.3, 0.4) is 0 Å². The second-order valence-corrected chi connectivity index (χ2v) is 11.3. The van der Waals surface area contributed by atoms with Crippen LogP contribution >= 0.6 is 0 Å². The number of pyridine rings is 1. The molecule has 1 aliphatic heterocycles. The van der Waals surface area contributed by atoms with Crippen molar-refractivity contribution in [1.29, 1.82) is 0 Å². The van der Waals surface area contributed by atoms with Gasteiger partial charge in [0, 0.05) is 23.6 Å². The first-order valence-corrected chi connectivity index (χ1v) is 12.5. The first kappa shape index (κ1) is 27.5. The standard InChI is InChI=1S/C27H35BN4O6/c1-25(2,3)36-24(34)32-16-20(28-37-26(4,5)27(6,7)38-28)19-13-22(29-15-21(19)32)31-23(33)30-14-17-9-11-18(35-8)12-10-17/h9-13,15-16H,14H2,1-8H3,(H2,29,30,31,33). The van der Waals surface area contributed by atoms with Gasteiger partial charge in [-0.05, 0) is 72.2 Å². The zero-order valence-electron chi connectivity index (χ0n) is 23.2. The number of hydrogen-bond donors (Lipinski definition) is 2. The van der Waals surface area contributed by atoms with E-state index in [0.717, 1.165) is 11.3 Å². The third-order valence-corrected chi connectivity index (χ3v) is 6.67. The second-order valence-electron chi connectivity index (χ2n) is 11.3. The SMILES string of the molecule is COc1ccc(CNC(=O)Nc2cc3c(B4OC(C)(C)C(C)(C)O4)cn(C(=O)OC(C)(C)C)c3cn2)cc1. The van der Waals surface area contributed by atoms with Crippen LogP contribution in [0.1, 0.15) is 54.0 Å². The molecule has 2 aromatic heterocycles. The van der Waals surface area contributed by atoms with Gasteiger partial charge in [0.25, 0.3) is 0 Å². The Morgan fingerprint density at radius 2 is 1.71 bits per heavy atom. The van der Waals surface area contributed by atoms with E-state index in [4.69, 9.17) is 18.8 Å². The largest absolute Gasteiger partial charge is 0.497 e. The Kier molecular flexibility index (Phi) is 7.20. The molecule has 0 unspecified atom stereocenters. The number of carbonyl (C=O) groups excluding carboxylic acids is 2. The Morgan fingerprint density at radius 3 is 2.29 bits per heavy atom. The van der Waals surface area contributed by atoms with Crippen LogP contribution in [0.4, 0.5) is 15.4 Å². The fraction of sp³-hybridized carbons (Fsp3) is 0.444. The zero-order chi connectivity index (χ0) is 27.9. The molecular weight excluding hydrogens is 487 g/mol. The molecule has 0 bridgehead atoms. The summed E-state index contributed by atoms with van der Waals surface area (Å²) in [6, 6.07) is 8.69. The van der Waals surface area contributed by atoms with E-state index in [1.54, 1.807) is 40.1 Å². The third-order valence-electron chi connectivity index (χ3n) is 6.67. The first-order chi connectivity index (χ1) is 17.7. The number of hydrogen-bond acceptors (Lipinski definition) is 7. The molecule has 0 spiro atoms. The van der Waals surface area contributed by atoms with Crippen LogP contribution in [0.5, 0.6) is 5.75 Å². The summed E-state index contributed by atoms with van der Waals surface area (Å²) in [5.41, 5.74) is 0.222. The molecule has 1 fully saturated rings. The van der Waals surface area contributed by atoms with Crippen LogP contribution in [0.25, 0.3) is 10.9 Å². The van der Waals surface area contributed by atoms with Crippen molar-refractivity contribution in [1.82, 2.24) is 14.9 Å². The summed E-state index contributed by atoms with van der Waals surface area (Å²) < 4.78 is 24.7. The van der Waals surface area contributed by atoms with E-state index in [9.17, 15) is 9.59 Å². The summed E-state index contributed by atoms with van der Waals surface area (Å²) in [5.74, 6) is 1.05. The number of aromatic nitrogens is 2. The summed E-state index contributed by atoms with van der Waals surface area (Å²) in [5, 5.41) is 6.22. The van der Waals surface area contributed by atoms with Crippen molar-refractivity contribution in [3.05, 3.63) is 48.3 Å². The number of nitrogens with one attached hydrogen (secondary N) is 2. The lowest BCUT2D eigenvalue weighted by Gasteiger charge is -2.32. The topological polar surface area (TPSA) is 113 Å². The minimum Gasteiger partial charge on any atom is -0.497 e. The number of fused-ring (bicyclic) bond motifs is 1. The molecular formula is C27H35BN4O6. The summed E-state index contributed by atoms with van der Waals surface area (Å²) in [6.45, 7) is 13.6. The number of nitrogens with zero attached hydrogens (tertiary/aromatic N) is 2. The predicted octanol–water partition coefficient (Wildman–Crippen LogP) is 4.45. The van der Waals surface area contributed by atoms with Gasteiger partial charge in [-0.25, -0.2) is 14.6 Å². The zero-order valence-corrected chi connectivity index (χ0v) is 23.2. The number of amides is 2. The molecule has 0 aliphatic carbocycles. The molecule has 4 rings (SSSR count). The van der Waals surface area contributed by atoms with Gasteiger partial charge in [0.05, 0.1) is 30.0 Å². The molecule has 2 N–H and O–H groups in total. The van der Waals surface area contributed by atoms with Crippen LogP contribution in [-0.4, -0.2) is 52.7 Å². The molecule has 10 nitrogen and oxygen atoms in total. The molecule has 1 aliphatic rings. The van der Waals surface area contributed by atoms with Gasteiger partial charge in [-0.3, -0.25) is 9.88 Å². The number of ether oxygens (including phenoxy) is 2. The van der Waals surface area contributed by atoms with Crippen molar-refractivity contribution in [3.63, 3.8) is 0 Å². The Hall–Kier alpha value is -3.57. The van der Waals surface area contributed by atoms with Crippen LogP contribution in [-0.2, 0) is 20.6 Å². The number of benzene rings is 1. The van der Waals surface area contributed by atoms with E-state index < -0.39 is 36.0 Å². The predicted molar refractivity (Wildman–Crippen MR) is 146 cm³/mol. The smallest absolute Gasteiger partial charge is 0.497 e. The van der Waals surface area contributed by atoms with E-state index in [2.05, 4.69) is 15.6 Å². The Morgan fingerprint density at radius 1 is 1.08 bits per heavy atom. The maximum Gasteiger partial charge on any atom is 0.497 e. The third kappa shape index (κ3) is 5.78. The van der Waals surface area contributed by atoms with Gasteiger partial charge in [-0.1, -0.05) is 12.1 Å². The first-order valence-electron chi connectivity index (χ1n) is 12.5. The van der Waals surface area contributed by atoms with Gasteiger partial charge in [0.2, 0.25) is 0 Å². The maximum absolute atomic E-state index is 13.0. The molecule has 0 atom stereocenters. The van der Waals surface area contributed by atoms with E-state index >= 15 is 0 Å². The minimum absolute atomic E-state index is 0.310. The molecule has 38 heavy (non-hydrogen) atoms. The summed E-state index contributed by atoms with van der Waals surface area (Å²) in [4.78, 5) is 30.0. The Bertz CT molecular complexity index is 1330. The van der Waals surface area contributed by atoms with Gasteiger partial charge in [-0.2, -0.15) is 0 Å². The molecule has 202 valence electrons. The number of anilines is 1. The van der Waals surface area contributed by atoms with E-state index in [-0.39, 0.29) is 0 Å². The monoisotopic (exact) mass is 522 g/mol. The number of methoxy groups -OCH3 is 1. The number of carbonyl (C=O) groups is 2. The lowest BCUT2D eigenvalue weighted by atomic mass is 9.79. The quantitative estimate of drug-likeness (QED) is 0.476. The normalized spacial score (nSPS) is 16.4. The average Bonchev–Trinajstić information content (AvgIpc) is 3.30. The molecule has 3 aromatic rings. The minimum atomic E-state index is -0.731. The fourth-order valence-electron chi connectivity index (χ4n) is 3.92. The lowest BCUT2D eigenvalue weighted by Crippen LogP contribution is -2.41. The van der Waals surface area contributed by atoms with Gasteiger partial charge in [-0.15, -0.1) is 0 Å². The van der Waals surface area contributed by atoms with Crippen molar-refractivity contribution in [2.45, 2.75) is 71.8 Å². The van der Waals surface area contributed by atoms with Crippen LogP contribution in [0.2, 0.25) is 0 Å². The van der Waals surface area contributed by atoms with Crippen molar-refractivity contribution < 1.29 is 28.4 Å². The van der Waals surface area contributed by atoms with Crippen LogP contribution < -0.4 is 20.8 Å². The summed E-state index contributed by atoms with van der Waals surface area (Å²) in [7, 11) is 0.870. The molecule has 11 heteroatoms. The van der Waals surface area contributed by atoms with E-state index in [0.29, 0.717) is 28.7 Å². The second kappa shape index (κ2) is 9.96. The summed E-state index contributed by atoms with van der Waals surface area (Å²) in [6.07, 6.45) is 2.62. The average molecular weight is 522 g/mol. The summed E-state index contributed by atoms with van der Waals surface area (Å²) >= 11 is 0. The Balaban J connectivity index is 1.61. The van der Waals surface area contributed by atoms with Crippen LogP contribution in [0.15, 0.2) is 42.7 Å². The van der Waals surface area contributed by atoms with Gasteiger partial charge >= 0.3 is 19.2 Å². The highest BCUT2D eigenvalue weighted by molar-refractivity contribution is 6.65. The van der Waals surface area contributed by atoms with Crippen molar-refractivity contribution in [3.8, 4) is 5.75 Å². The molecule has 1 aromatic carbocycles. The van der Waals surface area contributed by atoms with E-state index in [1.807, 2.05) is 52.0 Å². The highest BCUT2D eigenvalue weighted by Crippen LogP contribution is 2.37. The fourth-order valence-corrected chi connectivity index (χ4v) is 3.92. The maximum atomic E-state index is 13.0. The van der Waals surface area contributed by atoms with Gasteiger partial charge < -0.3 is 24.1 Å². The van der Waals surface area contributed by atoms with Gasteiger partial charge in [0.15, 0.2) is 0 Å².